The Morgan fingerprint density at radius 1 is 1.19 bits per heavy atom. The van der Waals surface area contributed by atoms with Crippen LogP contribution in [0.15, 0.2) is 72.0 Å². The molecule has 0 saturated heterocycles. The second-order valence-electron chi connectivity index (χ2n) is 6.04. The Bertz CT molecular complexity index is 985. The van der Waals surface area contributed by atoms with Gasteiger partial charge in [0.2, 0.25) is 6.10 Å². The van der Waals surface area contributed by atoms with Gasteiger partial charge in [-0.15, -0.1) is 0 Å². The summed E-state index contributed by atoms with van der Waals surface area (Å²) >= 11 is 0. The van der Waals surface area contributed by atoms with Crippen LogP contribution in [0.2, 0.25) is 0 Å². The van der Waals surface area contributed by atoms with Crippen LogP contribution in [0.1, 0.15) is 17.7 Å². The molecule has 0 amide bonds. The summed E-state index contributed by atoms with van der Waals surface area (Å²) in [6, 6.07) is 17.4. The smallest absolute Gasteiger partial charge is 0.351 e. The van der Waals surface area contributed by atoms with Gasteiger partial charge in [-0.05, 0) is 30.3 Å². The van der Waals surface area contributed by atoms with Crippen molar-refractivity contribution in [3.8, 4) is 5.69 Å². The Balaban J connectivity index is 1.32. The summed E-state index contributed by atoms with van der Waals surface area (Å²) < 4.78 is 20.3. The molecule has 0 aliphatic carbocycles. The Morgan fingerprint density at radius 2 is 2.04 bits per heavy atom. The van der Waals surface area contributed by atoms with Crippen molar-refractivity contribution in [2.24, 2.45) is 5.16 Å². The maximum absolute atomic E-state index is 13.3. The molecule has 1 unspecified atom stereocenters. The Labute approximate surface area is 154 Å². The zero-order chi connectivity index (χ0) is 18.6. The highest BCUT2D eigenvalue weighted by Gasteiger charge is 2.30. The molecule has 2 heterocycles. The molecule has 3 aromatic rings. The van der Waals surface area contributed by atoms with Crippen molar-refractivity contribution in [1.82, 2.24) is 9.78 Å². The van der Waals surface area contributed by atoms with Gasteiger partial charge in [0.15, 0.2) is 0 Å². The topological polar surface area (TPSA) is 65.7 Å². The lowest BCUT2D eigenvalue weighted by molar-refractivity contribution is -0.156. The van der Waals surface area contributed by atoms with Crippen LogP contribution >= 0.6 is 0 Å². The zero-order valence-corrected chi connectivity index (χ0v) is 14.3. The average molecular weight is 365 g/mol. The summed E-state index contributed by atoms with van der Waals surface area (Å²) in [6.07, 6.45) is 1.20. The van der Waals surface area contributed by atoms with E-state index >= 15 is 0 Å². The first-order chi connectivity index (χ1) is 13.2. The lowest BCUT2D eigenvalue weighted by atomic mass is 10.1. The summed E-state index contributed by atoms with van der Waals surface area (Å²) in [5, 5.41) is 8.26. The number of para-hydroxylation sites is 1. The molecule has 0 radical (unpaired) electrons. The summed E-state index contributed by atoms with van der Waals surface area (Å²) in [6.45, 7) is 0.0355. The molecule has 4 rings (SSSR count). The van der Waals surface area contributed by atoms with Crippen LogP contribution in [-0.2, 0) is 21.0 Å². The molecular formula is C20H16FN3O3. The van der Waals surface area contributed by atoms with Crippen molar-refractivity contribution < 1.29 is 18.8 Å². The number of hydrogen-bond acceptors (Lipinski definition) is 5. The van der Waals surface area contributed by atoms with Crippen LogP contribution in [0.5, 0.6) is 0 Å². The molecule has 0 fully saturated rings. The van der Waals surface area contributed by atoms with Crippen molar-refractivity contribution in [2.45, 2.75) is 19.1 Å². The van der Waals surface area contributed by atoms with Crippen LogP contribution in [0, 0.1) is 5.82 Å². The van der Waals surface area contributed by atoms with E-state index in [0.29, 0.717) is 17.0 Å². The molecular weight excluding hydrogens is 349 g/mol. The molecule has 136 valence electrons. The first-order valence-electron chi connectivity index (χ1n) is 8.44. The molecule has 0 spiro atoms. The molecule has 7 heteroatoms. The number of ether oxygens (including phenoxy) is 1. The maximum Gasteiger partial charge on any atom is 0.351 e. The highest BCUT2D eigenvalue weighted by atomic mass is 19.1. The molecule has 0 bridgehead atoms. The van der Waals surface area contributed by atoms with Crippen LogP contribution in [0.25, 0.3) is 5.69 Å². The normalized spacial score (nSPS) is 15.9. The van der Waals surface area contributed by atoms with Gasteiger partial charge in [-0.2, -0.15) is 5.10 Å². The molecule has 1 aliphatic rings. The monoisotopic (exact) mass is 365 g/mol. The van der Waals surface area contributed by atoms with Crippen molar-refractivity contribution in [3.05, 3.63) is 83.9 Å². The van der Waals surface area contributed by atoms with Crippen molar-refractivity contribution in [1.29, 1.82) is 0 Å². The number of carbonyl (C=O) groups excluding carboxylic acids is 1. The Morgan fingerprint density at radius 3 is 2.85 bits per heavy atom. The fourth-order valence-electron chi connectivity index (χ4n) is 2.74. The highest BCUT2D eigenvalue weighted by molar-refractivity contribution is 6.03. The number of carbonyl (C=O) groups is 1. The third-order valence-electron chi connectivity index (χ3n) is 4.12. The molecule has 27 heavy (non-hydrogen) atoms. The van der Waals surface area contributed by atoms with Crippen molar-refractivity contribution >= 4 is 11.7 Å². The summed E-state index contributed by atoms with van der Waals surface area (Å²) in [4.78, 5) is 17.4. The second-order valence-corrected chi connectivity index (χ2v) is 6.04. The highest BCUT2D eigenvalue weighted by Crippen LogP contribution is 2.19. The second kappa shape index (κ2) is 7.41. The van der Waals surface area contributed by atoms with E-state index in [2.05, 4.69) is 10.3 Å². The van der Waals surface area contributed by atoms with Gasteiger partial charge in [-0.1, -0.05) is 35.5 Å². The van der Waals surface area contributed by atoms with E-state index in [1.807, 2.05) is 30.3 Å². The maximum atomic E-state index is 13.3. The van der Waals surface area contributed by atoms with Gasteiger partial charge in [-0.3, -0.25) is 0 Å². The number of benzene rings is 2. The van der Waals surface area contributed by atoms with E-state index in [4.69, 9.17) is 9.57 Å². The lowest BCUT2D eigenvalue weighted by Gasteiger charge is -2.07. The van der Waals surface area contributed by atoms with Gasteiger partial charge in [0, 0.05) is 18.2 Å². The van der Waals surface area contributed by atoms with Gasteiger partial charge in [0.25, 0.3) is 0 Å². The third-order valence-corrected chi connectivity index (χ3v) is 4.12. The third kappa shape index (κ3) is 3.87. The molecule has 2 aromatic carbocycles. The van der Waals surface area contributed by atoms with E-state index in [-0.39, 0.29) is 18.8 Å². The fourth-order valence-corrected chi connectivity index (χ4v) is 2.74. The number of rotatable bonds is 5. The standard InChI is InChI=1S/C20H16FN3O3/c21-15-6-4-5-14(11-15)18-12-19(27-23-18)20(25)26-13-16-9-10-24(22-16)17-7-2-1-3-8-17/h1-11,19H,12-13H2. The number of halogens is 1. The average Bonchev–Trinajstić information content (AvgIpc) is 3.37. The van der Waals surface area contributed by atoms with E-state index in [1.54, 1.807) is 29.1 Å². The minimum absolute atomic E-state index is 0.0355. The Hall–Kier alpha value is -3.48. The first kappa shape index (κ1) is 17.0. The lowest BCUT2D eigenvalue weighted by Crippen LogP contribution is -2.23. The minimum atomic E-state index is -0.834. The fraction of sp³-hybridized carbons (Fsp3) is 0.150. The molecule has 0 N–H and O–H groups in total. The van der Waals surface area contributed by atoms with Gasteiger partial charge < -0.3 is 9.57 Å². The number of nitrogens with zero attached hydrogens (tertiary/aromatic N) is 3. The Kier molecular flexibility index (Phi) is 4.65. The van der Waals surface area contributed by atoms with Gasteiger partial charge in [-0.25, -0.2) is 13.9 Å². The molecule has 6 nitrogen and oxygen atoms in total. The largest absolute Gasteiger partial charge is 0.456 e. The quantitative estimate of drug-likeness (QED) is 0.651. The predicted octanol–water partition coefficient (Wildman–Crippen LogP) is 3.25. The predicted molar refractivity (Wildman–Crippen MR) is 95.8 cm³/mol. The number of oxime groups is 1. The number of hydrogen-bond donors (Lipinski definition) is 0. The summed E-state index contributed by atoms with van der Waals surface area (Å²) in [5.41, 5.74) is 2.65. The molecule has 1 aliphatic heterocycles. The van der Waals surface area contributed by atoms with Crippen LogP contribution < -0.4 is 0 Å². The van der Waals surface area contributed by atoms with Gasteiger partial charge in [0.05, 0.1) is 11.4 Å². The summed E-state index contributed by atoms with van der Waals surface area (Å²) in [5.74, 6) is -0.894. The zero-order valence-electron chi connectivity index (χ0n) is 14.3. The minimum Gasteiger partial charge on any atom is -0.456 e. The molecule has 0 saturated carbocycles. The van der Waals surface area contributed by atoms with Gasteiger partial charge >= 0.3 is 5.97 Å². The number of aromatic nitrogens is 2. The molecule has 1 atom stereocenters. The SMILES string of the molecule is O=C(OCc1ccn(-c2ccccc2)n1)C1CC(c2cccc(F)c2)=NO1. The summed E-state index contributed by atoms with van der Waals surface area (Å²) in [7, 11) is 0. The first-order valence-corrected chi connectivity index (χ1v) is 8.44. The van der Waals surface area contributed by atoms with Crippen molar-refractivity contribution in [3.63, 3.8) is 0 Å². The molecule has 1 aromatic heterocycles. The van der Waals surface area contributed by atoms with E-state index in [0.717, 1.165) is 5.69 Å². The van der Waals surface area contributed by atoms with Crippen LogP contribution in [0.3, 0.4) is 0 Å². The van der Waals surface area contributed by atoms with Crippen LogP contribution in [0.4, 0.5) is 4.39 Å². The van der Waals surface area contributed by atoms with Gasteiger partial charge in [0.1, 0.15) is 18.1 Å². The van der Waals surface area contributed by atoms with E-state index in [9.17, 15) is 9.18 Å². The van der Waals surface area contributed by atoms with Crippen molar-refractivity contribution in [2.75, 3.05) is 0 Å². The van der Waals surface area contributed by atoms with E-state index < -0.39 is 12.1 Å². The number of esters is 1. The van der Waals surface area contributed by atoms with Crippen LogP contribution in [-0.4, -0.2) is 27.6 Å². The van der Waals surface area contributed by atoms with E-state index in [1.165, 1.54) is 12.1 Å².